The van der Waals surface area contributed by atoms with Crippen LogP contribution in [0.15, 0.2) is 29.3 Å². The number of rotatable bonds is 12. The molecule has 1 aliphatic heterocycles. The lowest BCUT2D eigenvalue weighted by Crippen LogP contribution is -2.44. The number of hydrogen-bond donors (Lipinski definition) is 2. The Balaban J connectivity index is 1.88. The van der Waals surface area contributed by atoms with Crippen molar-refractivity contribution in [1.82, 2.24) is 20.4 Å². The van der Waals surface area contributed by atoms with E-state index >= 15 is 0 Å². The molecule has 0 spiro atoms. The minimum absolute atomic E-state index is 0.268. The van der Waals surface area contributed by atoms with E-state index in [1.807, 2.05) is 19.2 Å². The number of guanidine groups is 1. The van der Waals surface area contributed by atoms with Crippen molar-refractivity contribution in [3.05, 3.63) is 29.8 Å². The first-order chi connectivity index (χ1) is 14.2. The molecule has 1 aromatic carbocycles. The molecule has 0 aliphatic carbocycles. The number of para-hydroxylation sites is 1. The van der Waals surface area contributed by atoms with Crippen molar-refractivity contribution in [1.29, 1.82) is 0 Å². The largest absolute Gasteiger partial charge is 0.496 e. The van der Waals surface area contributed by atoms with E-state index in [0.717, 1.165) is 64.0 Å². The first-order valence-electron chi connectivity index (χ1n) is 10.7. The smallest absolute Gasteiger partial charge is 0.191 e. The average Bonchev–Trinajstić information content (AvgIpc) is 3.27. The molecule has 1 aliphatic rings. The highest BCUT2D eigenvalue weighted by Gasteiger charge is 2.25. The summed E-state index contributed by atoms with van der Waals surface area (Å²) < 4.78 is 10.8. The normalized spacial score (nSPS) is 16.2. The van der Waals surface area contributed by atoms with Crippen LogP contribution in [0, 0.1) is 0 Å². The van der Waals surface area contributed by atoms with Gasteiger partial charge in [0.25, 0.3) is 0 Å². The third-order valence-electron chi connectivity index (χ3n) is 5.44. The molecule has 29 heavy (non-hydrogen) atoms. The number of aliphatic imine (C=N–C) groups is 1. The maximum Gasteiger partial charge on any atom is 0.191 e. The molecule has 0 aromatic heterocycles. The topological polar surface area (TPSA) is 61.4 Å². The number of methoxy groups -OCH3 is 2. The Bertz CT molecular complexity index is 605. The van der Waals surface area contributed by atoms with E-state index in [9.17, 15) is 0 Å². The van der Waals surface area contributed by atoms with Crippen molar-refractivity contribution in [2.24, 2.45) is 4.99 Å². The van der Waals surface area contributed by atoms with E-state index in [0.29, 0.717) is 0 Å². The van der Waals surface area contributed by atoms with Gasteiger partial charge in [-0.1, -0.05) is 18.2 Å². The van der Waals surface area contributed by atoms with Crippen LogP contribution >= 0.6 is 0 Å². The van der Waals surface area contributed by atoms with E-state index in [1.54, 1.807) is 14.2 Å². The lowest BCUT2D eigenvalue weighted by Gasteiger charge is -2.30. The number of nitrogens with zero attached hydrogens (tertiary/aromatic N) is 3. The quantitative estimate of drug-likeness (QED) is 0.315. The van der Waals surface area contributed by atoms with E-state index in [-0.39, 0.29) is 6.04 Å². The van der Waals surface area contributed by atoms with Crippen LogP contribution in [0.25, 0.3) is 0 Å². The van der Waals surface area contributed by atoms with Gasteiger partial charge in [-0.3, -0.25) is 9.89 Å². The van der Waals surface area contributed by atoms with E-state index in [2.05, 4.69) is 44.6 Å². The molecule has 2 rings (SSSR count). The Morgan fingerprint density at radius 1 is 1.17 bits per heavy atom. The molecule has 7 nitrogen and oxygen atoms in total. The van der Waals surface area contributed by atoms with Crippen LogP contribution in [0.3, 0.4) is 0 Å². The minimum Gasteiger partial charge on any atom is -0.496 e. The number of hydrogen-bond acceptors (Lipinski definition) is 5. The van der Waals surface area contributed by atoms with Crippen molar-refractivity contribution < 1.29 is 9.47 Å². The van der Waals surface area contributed by atoms with Crippen molar-refractivity contribution in [2.45, 2.75) is 25.3 Å². The molecular weight excluding hydrogens is 366 g/mol. The summed E-state index contributed by atoms with van der Waals surface area (Å²) in [6.07, 6.45) is 3.57. The molecule has 1 unspecified atom stereocenters. The zero-order chi connectivity index (χ0) is 20.9. The van der Waals surface area contributed by atoms with Gasteiger partial charge in [0.1, 0.15) is 5.75 Å². The van der Waals surface area contributed by atoms with Crippen LogP contribution in [0.4, 0.5) is 0 Å². The van der Waals surface area contributed by atoms with Crippen LogP contribution in [0.2, 0.25) is 0 Å². The first kappa shape index (κ1) is 23.4. The second-order valence-electron chi connectivity index (χ2n) is 7.53. The first-order valence-corrected chi connectivity index (χ1v) is 10.7. The van der Waals surface area contributed by atoms with Gasteiger partial charge in [0.2, 0.25) is 0 Å². The van der Waals surface area contributed by atoms with E-state index < -0.39 is 0 Å². The lowest BCUT2D eigenvalue weighted by molar-refractivity contribution is 0.180. The molecule has 164 valence electrons. The maximum atomic E-state index is 5.64. The predicted octanol–water partition coefficient (Wildman–Crippen LogP) is 1.97. The van der Waals surface area contributed by atoms with Gasteiger partial charge < -0.3 is 25.0 Å². The van der Waals surface area contributed by atoms with Crippen LogP contribution in [0.1, 0.15) is 30.9 Å². The molecule has 0 saturated carbocycles. The Morgan fingerprint density at radius 3 is 2.62 bits per heavy atom. The van der Waals surface area contributed by atoms with Gasteiger partial charge in [-0.2, -0.15) is 0 Å². The second-order valence-corrected chi connectivity index (χ2v) is 7.53. The Hall–Kier alpha value is -1.83. The summed E-state index contributed by atoms with van der Waals surface area (Å²) in [5.41, 5.74) is 1.23. The monoisotopic (exact) mass is 405 g/mol. The highest BCUT2D eigenvalue weighted by atomic mass is 16.5. The molecule has 1 heterocycles. The van der Waals surface area contributed by atoms with Gasteiger partial charge in [-0.05, 0) is 45.5 Å². The number of benzene rings is 1. The fraction of sp³-hybridized carbons (Fsp3) is 0.682. The van der Waals surface area contributed by atoms with Gasteiger partial charge in [0.05, 0.1) is 13.2 Å². The Morgan fingerprint density at radius 2 is 1.93 bits per heavy atom. The summed E-state index contributed by atoms with van der Waals surface area (Å²) in [4.78, 5) is 9.25. The summed E-state index contributed by atoms with van der Waals surface area (Å²) in [6, 6.07) is 8.61. The lowest BCUT2D eigenvalue weighted by atomic mass is 10.0. The average molecular weight is 406 g/mol. The molecule has 7 heteroatoms. The van der Waals surface area contributed by atoms with Gasteiger partial charge >= 0.3 is 0 Å². The third kappa shape index (κ3) is 7.84. The maximum absolute atomic E-state index is 5.64. The Labute approximate surface area is 176 Å². The van der Waals surface area contributed by atoms with Crippen molar-refractivity contribution in [3.63, 3.8) is 0 Å². The van der Waals surface area contributed by atoms with E-state index in [1.165, 1.54) is 18.4 Å². The van der Waals surface area contributed by atoms with Crippen LogP contribution in [0.5, 0.6) is 5.75 Å². The van der Waals surface area contributed by atoms with Gasteiger partial charge in [0, 0.05) is 52.5 Å². The number of likely N-dealkylation sites (N-methyl/N-ethyl adjacent to an activating group) is 1. The standard InChI is InChI=1S/C22H39N5O2/c1-23-22(24-12-16-26(2)13-9-17-28-3)25-18-20(27-14-7-8-15-27)19-10-5-6-11-21(19)29-4/h5-6,10-11,20H,7-9,12-18H2,1-4H3,(H2,23,24,25). The highest BCUT2D eigenvalue weighted by Crippen LogP contribution is 2.31. The number of ether oxygens (including phenoxy) is 2. The Kier molecular flexibility index (Phi) is 10.8. The van der Waals surface area contributed by atoms with Crippen LogP contribution < -0.4 is 15.4 Å². The summed E-state index contributed by atoms with van der Waals surface area (Å²) >= 11 is 0. The number of likely N-dealkylation sites (tertiary alicyclic amines) is 1. The molecular formula is C22H39N5O2. The SMILES string of the molecule is CN=C(NCCN(C)CCCOC)NCC(c1ccccc1OC)N1CCCC1. The molecule has 2 N–H and O–H groups in total. The van der Waals surface area contributed by atoms with Crippen molar-refractivity contribution in [2.75, 3.05) is 74.2 Å². The van der Waals surface area contributed by atoms with E-state index in [4.69, 9.17) is 9.47 Å². The summed E-state index contributed by atoms with van der Waals surface area (Å²) in [6.45, 7) is 6.71. The molecule has 1 aromatic rings. The summed E-state index contributed by atoms with van der Waals surface area (Å²) in [5.74, 6) is 1.79. The summed E-state index contributed by atoms with van der Waals surface area (Å²) in [7, 11) is 7.46. The van der Waals surface area contributed by atoms with Gasteiger partial charge in [0.15, 0.2) is 5.96 Å². The number of nitrogens with one attached hydrogen (secondary N) is 2. The zero-order valence-electron chi connectivity index (χ0n) is 18.6. The van der Waals surface area contributed by atoms with Gasteiger partial charge in [-0.15, -0.1) is 0 Å². The third-order valence-corrected chi connectivity index (χ3v) is 5.44. The fourth-order valence-electron chi connectivity index (χ4n) is 3.80. The zero-order valence-corrected chi connectivity index (χ0v) is 18.6. The molecule has 1 atom stereocenters. The molecule has 0 radical (unpaired) electrons. The molecule has 0 bridgehead atoms. The summed E-state index contributed by atoms with van der Waals surface area (Å²) in [5, 5.41) is 6.96. The van der Waals surface area contributed by atoms with Gasteiger partial charge in [-0.25, -0.2) is 0 Å². The van der Waals surface area contributed by atoms with Crippen molar-refractivity contribution >= 4 is 5.96 Å². The minimum atomic E-state index is 0.268. The predicted molar refractivity (Wildman–Crippen MR) is 120 cm³/mol. The molecule has 1 fully saturated rings. The molecule has 1 saturated heterocycles. The second kappa shape index (κ2) is 13.4. The van der Waals surface area contributed by atoms with Crippen LogP contribution in [-0.4, -0.2) is 89.9 Å². The van der Waals surface area contributed by atoms with Crippen molar-refractivity contribution in [3.8, 4) is 5.75 Å². The van der Waals surface area contributed by atoms with Crippen LogP contribution in [-0.2, 0) is 4.74 Å². The molecule has 0 amide bonds. The fourth-order valence-corrected chi connectivity index (χ4v) is 3.80. The highest BCUT2D eigenvalue weighted by molar-refractivity contribution is 5.79.